The fourth-order valence-electron chi connectivity index (χ4n) is 3.51. The SMILES string of the molecule is COC(=O)N1CCC2(CC1)Oc1ccccc1-n1cccc12. The zero-order chi connectivity index (χ0) is 15.2. The van der Waals surface area contributed by atoms with Gasteiger partial charge in [-0.3, -0.25) is 0 Å². The van der Waals surface area contributed by atoms with Crippen LogP contribution in [0.15, 0.2) is 42.6 Å². The molecule has 1 aromatic heterocycles. The Morgan fingerprint density at radius 3 is 2.73 bits per heavy atom. The standard InChI is InChI=1S/C17H18N2O3/c1-21-16(20)18-11-8-17(9-12-18)15-7-4-10-19(15)13-5-2-3-6-14(13)22-17/h2-7,10H,8-9,11-12H2,1H3. The lowest BCUT2D eigenvalue weighted by molar-refractivity contribution is -0.0109. The van der Waals surface area contributed by atoms with Gasteiger partial charge in [-0.25, -0.2) is 4.79 Å². The van der Waals surface area contributed by atoms with Crippen LogP contribution in [0.3, 0.4) is 0 Å². The number of amides is 1. The number of carbonyl (C=O) groups is 1. The molecule has 0 atom stereocenters. The van der Waals surface area contributed by atoms with E-state index in [1.165, 1.54) is 7.11 Å². The summed E-state index contributed by atoms with van der Waals surface area (Å²) in [4.78, 5) is 13.4. The number of hydrogen-bond donors (Lipinski definition) is 0. The first-order chi connectivity index (χ1) is 10.7. The van der Waals surface area contributed by atoms with Crippen LogP contribution < -0.4 is 4.74 Å². The molecule has 5 nitrogen and oxygen atoms in total. The number of piperidine rings is 1. The summed E-state index contributed by atoms with van der Waals surface area (Å²) in [6, 6.07) is 12.2. The molecule has 1 aromatic carbocycles. The van der Waals surface area contributed by atoms with E-state index in [1.54, 1.807) is 4.90 Å². The molecular formula is C17H18N2O3. The van der Waals surface area contributed by atoms with Gasteiger partial charge in [-0.15, -0.1) is 0 Å². The highest BCUT2D eigenvalue weighted by Crippen LogP contribution is 2.44. The number of ether oxygens (including phenoxy) is 2. The molecule has 1 fully saturated rings. The Morgan fingerprint density at radius 1 is 1.18 bits per heavy atom. The average Bonchev–Trinajstić information content (AvgIpc) is 3.06. The fourth-order valence-corrected chi connectivity index (χ4v) is 3.51. The third kappa shape index (κ3) is 1.81. The van der Waals surface area contributed by atoms with E-state index in [9.17, 15) is 4.79 Å². The molecule has 0 radical (unpaired) electrons. The van der Waals surface area contributed by atoms with Crippen molar-refractivity contribution in [2.24, 2.45) is 0 Å². The maximum Gasteiger partial charge on any atom is 0.409 e. The monoisotopic (exact) mass is 298 g/mol. The van der Waals surface area contributed by atoms with Crippen molar-refractivity contribution in [2.75, 3.05) is 20.2 Å². The van der Waals surface area contributed by atoms with Crippen LogP contribution in [0.25, 0.3) is 5.69 Å². The van der Waals surface area contributed by atoms with E-state index in [0.717, 1.165) is 30.0 Å². The van der Waals surface area contributed by atoms with Crippen LogP contribution in [0.2, 0.25) is 0 Å². The number of likely N-dealkylation sites (tertiary alicyclic amines) is 1. The van der Waals surface area contributed by atoms with Gasteiger partial charge in [0.1, 0.15) is 5.75 Å². The molecule has 4 rings (SSSR count). The van der Waals surface area contributed by atoms with Crippen LogP contribution in [-0.2, 0) is 10.3 Å². The second kappa shape index (κ2) is 4.80. The molecule has 0 N–H and O–H groups in total. The van der Waals surface area contributed by atoms with Gasteiger partial charge in [0, 0.05) is 32.1 Å². The van der Waals surface area contributed by atoms with Gasteiger partial charge in [0.15, 0.2) is 5.60 Å². The molecule has 0 unspecified atom stereocenters. The first kappa shape index (κ1) is 13.2. The predicted octanol–water partition coefficient (Wildman–Crippen LogP) is 2.93. The van der Waals surface area contributed by atoms with Gasteiger partial charge in [0.05, 0.1) is 18.5 Å². The third-order valence-electron chi connectivity index (χ3n) is 4.65. The largest absolute Gasteiger partial charge is 0.479 e. The summed E-state index contributed by atoms with van der Waals surface area (Å²) in [5.74, 6) is 0.901. The number of methoxy groups -OCH3 is 1. The highest BCUT2D eigenvalue weighted by Gasteiger charge is 2.44. The molecule has 1 spiro atoms. The van der Waals surface area contributed by atoms with Gasteiger partial charge >= 0.3 is 6.09 Å². The van der Waals surface area contributed by atoms with E-state index in [1.807, 2.05) is 18.2 Å². The van der Waals surface area contributed by atoms with Gasteiger partial charge < -0.3 is 18.9 Å². The Hall–Kier alpha value is -2.43. The molecule has 2 aliphatic rings. The number of nitrogens with zero attached hydrogens (tertiary/aromatic N) is 2. The van der Waals surface area contributed by atoms with Gasteiger partial charge in [-0.2, -0.15) is 0 Å². The maximum atomic E-state index is 11.7. The molecule has 2 aromatic rings. The number of hydrogen-bond acceptors (Lipinski definition) is 3. The van der Waals surface area contributed by atoms with Crippen molar-refractivity contribution < 1.29 is 14.3 Å². The van der Waals surface area contributed by atoms with Gasteiger partial charge in [0.2, 0.25) is 0 Å². The summed E-state index contributed by atoms with van der Waals surface area (Å²) in [7, 11) is 1.42. The van der Waals surface area contributed by atoms with Crippen molar-refractivity contribution in [3.8, 4) is 11.4 Å². The van der Waals surface area contributed by atoms with E-state index in [2.05, 4.69) is 29.0 Å². The molecule has 0 saturated carbocycles. The van der Waals surface area contributed by atoms with Gasteiger partial charge in [-0.05, 0) is 24.3 Å². The summed E-state index contributed by atoms with van der Waals surface area (Å²) in [5, 5.41) is 0. The van der Waals surface area contributed by atoms with E-state index < -0.39 is 0 Å². The van der Waals surface area contributed by atoms with E-state index >= 15 is 0 Å². The summed E-state index contributed by atoms with van der Waals surface area (Å²) in [5.41, 5.74) is 1.88. The fraction of sp³-hybridized carbons (Fsp3) is 0.353. The molecule has 0 bridgehead atoms. The average molecular weight is 298 g/mol. The van der Waals surface area contributed by atoms with Gasteiger partial charge in [0.25, 0.3) is 0 Å². The Morgan fingerprint density at radius 2 is 1.95 bits per heavy atom. The molecular weight excluding hydrogens is 280 g/mol. The molecule has 1 saturated heterocycles. The molecule has 3 heterocycles. The quantitative estimate of drug-likeness (QED) is 0.751. The second-order valence-corrected chi connectivity index (χ2v) is 5.78. The van der Waals surface area contributed by atoms with E-state index in [4.69, 9.17) is 9.47 Å². The molecule has 1 amide bonds. The van der Waals surface area contributed by atoms with Crippen LogP contribution in [-0.4, -0.2) is 35.8 Å². The molecule has 22 heavy (non-hydrogen) atoms. The summed E-state index contributed by atoms with van der Waals surface area (Å²) < 4.78 is 13.4. The highest BCUT2D eigenvalue weighted by atomic mass is 16.5. The Balaban J connectivity index is 1.69. The molecule has 0 aliphatic carbocycles. The van der Waals surface area contributed by atoms with Crippen molar-refractivity contribution in [3.63, 3.8) is 0 Å². The maximum absolute atomic E-state index is 11.7. The van der Waals surface area contributed by atoms with Crippen molar-refractivity contribution >= 4 is 6.09 Å². The Kier molecular flexibility index (Phi) is 2.89. The van der Waals surface area contributed by atoms with E-state index in [-0.39, 0.29) is 11.7 Å². The van der Waals surface area contributed by atoms with Crippen LogP contribution in [0.4, 0.5) is 4.79 Å². The van der Waals surface area contributed by atoms with Crippen LogP contribution >= 0.6 is 0 Å². The number of aromatic nitrogens is 1. The molecule has 2 aliphatic heterocycles. The number of carbonyl (C=O) groups excluding carboxylic acids is 1. The first-order valence-corrected chi connectivity index (χ1v) is 7.53. The lowest BCUT2D eigenvalue weighted by atomic mass is 9.86. The molecule has 114 valence electrons. The van der Waals surface area contributed by atoms with Crippen molar-refractivity contribution in [3.05, 3.63) is 48.3 Å². The lowest BCUT2D eigenvalue weighted by Crippen LogP contribution is -2.49. The minimum atomic E-state index is -0.359. The smallest absolute Gasteiger partial charge is 0.409 e. The number of rotatable bonds is 0. The van der Waals surface area contributed by atoms with Crippen LogP contribution in [0.1, 0.15) is 18.5 Å². The minimum Gasteiger partial charge on any atom is -0.479 e. The van der Waals surface area contributed by atoms with Crippen molar-refractivity contribution in [1.82, 2.24) is 9.47 Å². The summed E-state index contributed by atoms with van der Waals surface area (Å²) in [6.07, 6.45) is 3.34. The van der Waals surface area contributed by atoms with Crippen molar-refractivity contribution in [1.29, 1.82) is 0 Å². The van der Waals surface area contributed by atoms with Crippen molar-refractivity contribution in [2.45, 2.75) is 18.4 Å². The summed E-state index contributed by atoms with van der Waals surface area (Å²) in [6.45, 7) is 1.28. The number of fused-ring (bicyclic) bond motifs is 4. The zero-order valence-corrected chi connectivity index (χ0v) is 12.5. The number of para-hydroxylation sites is 2. The zero-order valence-electron chi connectivity index (χ0n) is 12.5. The molecule has 5 heteroatoms. The first-order valence-electron chi connectivity index (χ1n) is 7.53. The third-order valence-corrected chi connectivity index (χ3v) is 4.65. The highest BCUT2D eigenvalue weighted by molar-refractivity contribution is 5.67. The lowest BCUT2D eigenvalue weighted by Gasteiger charge is -2.44. The summed E-state index contributed by atoms with van der Waals surface area (Å²) >= 11 is 0. The second-order valence-electron chi connectivity index (χ2n) is 5.78. The van der Waals surface area contributed by atoms with Gasteiger partial charge in [-0.1, -0.05) is 12.1 Å². The van der Waals surface area contributed by atoms with E-state index in [0.29, 0.717) is 13.1 Å². The predicted molar refractivity (Wildman–Crippen MR) is 81.3 cm³/mol. The van der Waals surface area contributed by atoms with Crippen LogP contribution in [0, 0.1) is 0 Å². The normalized spacial score (nSPS) is 18.3. The topological polar surface area (TPSA) is 43.7 Å². The number of benzene rings is 1. The Labute approximate surface area is 129 Å². The Bertz CT molecular complexity index is 714. The minimum absolute atomic E-state index is 0.263. The van der Waals surface area contributed by atoms with Crippen LogP contribution in [0.5, 0.6) is 5.75 Å².